The van der Waals surface area contributed by atoms with Gasteiger partial charge in [0.15, 0.2) is 0 Å². The molecule has 1 fully saturated rings. The van der Waals surface area contributed by atoms with E-state index in [1.54, 1.807) is 0 Å². The molecule has 3 N–H and O–H groups in total. The van der Waals surface area contributed by atoms with Gasteiger partial charge in [0.2, 0.25) is 0 Å². The van der Waals surface area contributed by atoms with Gasteiger partial charge >= 0.3 is 0 Å². The summed E-state index contributed by atoms with van der Waals surface area (Å²) in [5, 5.41) is 9.80. The summed E-state index contributed by atoms with van der Waals surface area (Å²) < 4.78 is 0. The predicted molar refractivity (Wildman–Crippen MR) is 89.3 cm³/mol. The third-order valence-electron chi connectivity index (χ3n) is 4.15. The van der Waals surface area contributed by atoms with E-state index in [1.807, 2.05) is 31.3 Å². The van der Waals surface area contributed by atoms with Crippen LogP contribution in [-0.4, -0.2) is 34.2 Å². The van der Waals surface area contributed by atoms with Crippen LogP contribution in [0.4, 0.5) is 5.69 Å². The minimum Gasteiger partial charge on any atom is -0.399 e. The van der Waals surface area contributed by atoms with Gasteiger partial charge in [0, 0.05) is 36.2 Å². The summed E-state index contributed by atoms with van der Waals surface area (Å²) in [4.78, 5) is 6.65. The van der Waals surface area contributed by atoms with Crippen LogP contribution in [0.3, 0.4) is 0 Å². The first-order valence-corrected chi connectivity index (χ1v) is 7.83. The highest BCUT2D eigenvalue weighted by Gasteiger charge is 2.17. The number of aliphatic hydroxyl groups excluding tert-OH is 1. The third-order valence-corrected chi connectivity index (χ3v) is 4.15. The first kappa shape index (κ1) is 15.0. The smallest absolute Gasteiger partial charge is 0.0667 e. The number of hydrogen-bond donors (Lipinski definition) is 2. The van der Waals surface area contributed by atoms with E-state index in [9.17, 15) is 5.11 Å². The van der Waals surface area contributed by atoms with Crippen molar-refractivity contribution >= 4 is 5.69 Å². The summed E-state index contributed by atoms with van der Waals surface area (Å²) in [6.07, 6.45) is 3.65. The number of pyridine rings is 1. The summed E-state index contributed by atoms with van der Waals surface area (Å²) in [6.45, 7) is 4.59. The quantitative estimate of drug-likeness (QED) is 0.855. The molecule has 1 aromatic heterocycles. The molecule has 116 valence electrons. The van der Waals surface area contributed by atoms with Crippen molar-refractivity contribution in [3.8, 4) is 11.1 Å². The molecule has 22 heavy (non-hydrogen) atoms. The first-order valence-electron chi connectivity index (χ1n) is 7.83. The summed E-state index contributed by atoms with van der Waals surface area (Å²) in [5.41, 5.74) is 11.2. The van der Waals surface area contributed by atoms with E-state index in [0.717, 1.165) is 55.0 Å². The lowest BCUT2D eigenvalue weighted by molar-refractivity contribution is 0.0668. The Morgan fingerprint density at radius 3 is 2.86 bits per heavy atom. The lowest BCUT2D eigenvalue weighted by Gasteiger charge is -2.30. The molecule has 0 radical (unpaired) electrons. The molecule has 0 saturated carbocycles. The van der Waals surface area contributed by atoms with Gasteiger partial charge in [-0.25, -0.2) is 0 Å². The number of nitrogens with two attached hydrogens (primary N) is 1. The molecule has 2 heterocycles. The Labute approximate surface area is 131 Å². The summed E-state index contributed by atoms with van der Waals surface area (Å²) in [5.74, 6) is 0. The van der Waals surface area contributed by atoms with E-state index in [4.69, 9.17) is 5.73 Å². The van der Waals surface area contributed by atoms with E-state index >= 15 is 0 Å². The number of nitrogens with zero attached hydrogens (tertiary/aromatic N) is 2. The second kappa shape index (κ2) is 6.46. The number of benzene rings is 1. The van der Waals surface area contributed by atoms with Gasteiger partial charge in [-0.05, 0) is 61.7 Å². The average molecular weight is 297 g/mol. The fourth-order valence-corrected chi connectivity index (χ4v) is 3.05. The summed E-state index contributed by atoms with van der Waals surface area (Å²) >= 11 is 0. The van der Waals surface area contributed by atoms with Gasteiger partial charge in [0.05, 0.1) is 6.10 Å². The van der Waals surface area contributed by atoms with E-state index in [1.165, 1.54) is 5.56 Å². The van der Waals surface area contributed by atoms with Crippen LogP contribution in [0.25, 0.3) is 11.1 Å². The Kier molecular flexibility index (Phi) is 4.41. The molecular weight excluding hydrogens is 274 g/mol. The Morgan fingerprint density at radius 1 is 1.27 bits per heavy atom. The number of piperidine rings is 1. The minimum absolute atomic E-state index is 0.199. The second-order valence-corrected chi connectivity index (χ2v) is 6.18. The maximum Gasteiger partial charge on any atom is 0.0667 e. The molecule has 1 atom stereocenters. The second-order valence-electron chi connectivity index (χ2n) is 6.18. The highest BCUT2D eigenvalue weighted by Crippen LogP contribution is 2.24. The number of aryl methyl sites for hydroxylation is 1. The van der Waals surface area contributed by atoms with Gasteiger partial charge < -0.3 is 10.8 Å². The molecule has 1 unspecified atom stereocenters. The normalized spacial score (nSPS) is 19.3. The molecule has 4 nitrogen and oxygen atoms in total. The molecule has 2 aromatic rings. The van der Waals surface area contributed by atoms with Gasteiger partial charge in [0.1, 0.15) is 0 Å². The van der Waals surface area contributed by atoms with Crippen LogP contribution in [0.5, 0.6) is 0 Å². The zero-order valence-corrected chi connectivity index (χ0v) is 13.0. The molecular formula is C18H23N3O. The number of hydrogen-bond acceptors (Lipinski definition) is 4. The lowest BCUT2D eigenvalue weighted by Crippen LogP contribution is -2.37. The SMILES string of the molecule is Cc1ccc(-c2cc(N)cc(CN3CCCC(O)C3)c2)cn1. The Balaban J connectivity index is 1.82. The maximum absolute atomic E-state index is 9.80. The first-order chi connectivity index (χ1) is 10.6. The summed E-state index contributed by atoms with van der Waals surface area (Å²) in [7, 11) is 0. The number of nitrogen functional groups attached to an aromatic ring is 1. The minimum atomic E-state index is -0.199. The number of rotatable bonds is 3. The van der Waals surface area contributed by atoms with E-state index in [0.29, 0.717) is 0 Å². The Morgan fingerprint density at radius 2 is 2.14 bits per heavy atom. The van der Waals surface area contributed by atoms with E-state index in [-0.39, 0.29) is 6.10 Å². The van der Waals surface area contributed by atoms with E-state index in [2.05, 4.69) is 22.0 Å². The number of aromatic nitrogens is 1. The molecule has 3 rings (SSSR count). The molecule has 0 aliphatic carbocycles. The standard InChI is InChI=1S/C18H23N3O/c1-13-4-5-15(10-20-13)16-7-14(8-17(19)9-16)11-21-6-2-3-18(22)12-21/h4-5,7-10,18,22H,2-3,6,11-12,19H2,1H3. The van der Waals surface area contributed by atoms with Crippen LogP contribution < -0.4 is 5.73 Å². The topological polar surface area (TPSA) is 62.4 Å². The van der Waals surface area contributed by atoms with Crippen LogP contribution in [0, 0.1) is 6.92 Å². The zero-order chi connectivity index (χ0) is 15.5. The molecule has 0 spiro atoms. The van der Waals surface area contributed by atoms with Gasteiger partial charge in [-0.3, -0.25) is 9.88 Å². The van der Waals surface area contributed by atoms with Gasteiger partial charge in [-0.1, -0.05) is 6.07 Å². The van der Waals surface area contributed by atoms with Gasteiger partial charge in [-0.15, -0.1) is 0 Å². The van der Waals surface area contributed by atoms with Crippen molar-refractivity contribution in [2.24, 2.45) is 0 Å². The molecule has 1 aliphatic rings. The maximum atomic E-state index is 9.80. The Bertz CT molecular complexity index is 639. The van der Waals surface area contributed by atoms with Crippen LogP contribution in [0.2, 0.25) is 0 Å². The van der Waals surface area contributed by atoms with Crippen molar-refractivity contribution in [2.45, 2.75) is 32.4 Å². The van der Waals surface area contributed by atoms with Gasteiger partial charge in [0.25, 0.3) is 0 Å². The van der Waals surface area contributed by atoms with Crippen LogP contribution in [-0.2, 0) is 6.54 Å². The monoisotopic (exact) mass is 297 g/mol. The fraction of sp³-hybridized carbons (Fsp3) is 0.389. The molecule has 1 aromatic carbocycles. The molecule has 0 amide bonds. The summed E-state index contributed by atoms with van der Waals surface area (Å²) in [6, 6.07) is 10.3. The van der Waals surface area contributed by atoms with Crippen LogP contribution >= 0.6 is 0 Å². The highest BCUT2D eigenvalue weighted by atomic mass is 16.3. The number of β-amino-alcohol motifs (C(OH)–C–C–N with tert-alkyl or cyclic N) is 1. The number of anilines is 1. The number of aliphatic hydroxyl groups is 1. The molecule has 0 bridgehead atoms. The van der Waals surface area contributed by atoms with Crippen molar-refractivity contribution in [2.75, 3.05) is 18.8 Å². The average Bonchev–Trinajstić information content (AvgIpc) is 2.47. The number of likely N-dealkylation sites (tertiary alicyclic amines) is 1. The Hall–Kier alpha value is -1.91. The van der Waals surface area contributed by atoms with Crippen molar-refractivity contribution in [3.63, 3.8) is 0 Å². The molecule has 1 saturated heterocycles. The molecule has 1 aliphatic heterocycles. The molecule has 4 heteroatoms. The van der Waals surface area contributed by atoms with Crippen LogP contribution in [0.1, 0.15) is 24.1 Å². The van der Waals surface area contributed by atoms with Crippen molar-refractivity contribution in [3.05, 3.63) is 47.8 Å². The van der Waals surface area contributed by atoms with Crippen LogP contribution in [0.15, 0.2) is 36.5 Å². The third kappa shape index (κ3) is 3.64. The van der Waals surface area contributed by atoms with Crippen molar-refractivity contribution in [1.82, 2.24) is 9.88 Å². The predicted octanol–water partition coefficient (Wildman–Crippen LogP) is 2.60. The highest BCUT2D eigenvalue weighted by molar-refractivity contribution is 5.67. The fourth-order valence-electron chi connectivity index (χ4n) is 3.05. The van der Waals surface area contributed by atoms with E-state index < -0.39 is 0 Å². The van der Waals surface area contributed by atoms with Crippen molar-refractivity contribution in [1.29, 1.82) is 0 Å². The van der Waals surface area contributed by atoms with Gasteiger partial charge in [-0.2, -0.15) is 0 Å². The van der Waals surface area contributed by atoms with Crippen molar-refractivity contribution < 1.29 is 5.11 Å². The largest absolute Gasteiger partial charge is 0.399 e. The lowest BCUT2D eigenvalue weighted by atomic mass is 10.0. The zero-order valence-electron chi connectivity index (χ0n) is 13.0.